The molecule has 1 aromatic rings. The number of hydrogen-bond donors (Lipinski definition) is 1. The first-order valence-corrected chi connectivity index (χ1v) is 5.71. The lowest BCUT2D eigenvalue weighted by Crippen LogP contribution is -2.25. The summed E-state index contributed by atoms with van der Waals surface area (Å²) in [5.41, 5.74) is 0.786. The molecule has 1 aliphatic heterocycles. The zero-order valence-corrected chi connectivity index (χ0v) is 10.3. The van der Waals surface area contributed by atoms with Crippen LogP contribution in [-0.2, 0) is 4.74 Å². The molecule has 19 heavy (non-hydrogen) atoms. The fourth-order valence-electron chi connectivity index (χ4n) is 1.77. The van der Waals surface area contributed by atoms with Gasteiger partial charge >= 0.3 is 6.18 Å². The van der Waals surface area contributed by atoms with Crippen molar-refractivity contribution in [3.63, 3.8) is 0 Å². The molecule has 1 aliphatic rings. The van der Waals surface area contributed by atoms with Crippen LogP contribution in [0.25, 0.3) is 0 Å². The quantitative estimate of drug-likeness (QED) is 0.896. The molecule has 0 aliphatic carbocycles. The predicted octanol–water partition coefficient (Wildman–Crippen LogP) is 2.25. The molecule has 4 nitrogen and oxygen atoms in total. The van der Waals surface area contributed by atoms with E-state index in [0.717, 1.165) is 5.56 Å². The summed E-state index contributed by atoms with van der Waals surface area (Å²) in [6, 6.07) is 4.90. The lowest BCUT2D eigenvalue weighted by atomic mass is 10.1. The molecule has 7 heteroatoms. The van der Waals surface area contributed by atoms with Gasteiger partial charge in [0.1, 0.15) is 6.61 Å². The fraction of sp³-hybridized carbons (Fsp3) is 0.500. The molecule has 1 aromatic carbocycles. The minimum Gasteiger partial charge on any atom is -0.454 e. The van der Waals surface area contributed by atoms with Crippen LogP contribution in [0.2, 0.25) is 0 Å². The molecule has 0 saturated heterocycles. The Hall–Kier alpha value is -1.47. The highest BCUT2D eigenvalue weighted by molar-refractivity contribution is 5.45. The molecule has 1 N–H and O–H groups in total. The maximum Gasteiger partial charge on any atom is 0.411 e. The van der Waals surface area contributed by atoms with Gasteiger partial charge < -0.3 is 19.5 Å². The number of rotatable bonds is 5. The number of halogens is 3. The van der Waals surface area contributed by atoms with Crippen LogP contribution in [-0.4, -0.2) is 33.2 Å². The molecular formula is C12H14F3NO3. The highest BCUT2D eigenvalue weighted by Gasteiger charge is 2.28. The largest absolute Gasteiger partial charge is 0.454 e. The Labute approximate surface area is 108 Å². The van der Waals surface area contributed by atoms with Gasteiger partial charge in [-0.05, 0) is 24.7 Å². The third kappa shape index (κ3) is 3.74. The second-order valence-corrected chi connectivity index (χ2v) is 4.08. The van der Waals surface area contributed by atoms with Crippen molar-refractivity contribution in [3.05, 3.63) is 23.8 Å². The highest BCUT2D eigenvalue weighted by Crippen LogP contribution is 2.34. The maximum absolute atomic E-state index is 12.0. The van der Waals surface area contributed by atoms with Crippen LogP contribution in [0.5, 0.6) is 11.5 Å². The van der Waals surface area contributed by atoms with Crippen molar-refractivity contribution in [3.8, 4) is 11.5 Å². The summed E-state index contributed by atoms with van der Waals surface area (Å²) in [6.07, 6.45) is -4.31. The monoisotopic (exact) mass is 277 g/mol. The van der Waals surface area contributed by atoms with Gasteiger partial charge in [-0.2, -0.15) is 13.2 Å². The van der Waals surface area contributed by atoms with Gasteiger partial charge in [-0.25, -0.2) is 0 Å². The first-order chi connectivity index (χ1) is 8.99. The molecule has 0 spiro atoms. The summed E-state index contributed by atoms with van der Waals surface area (Å²) in [5, 5.41) is 2.91. The number of alkyl halides is 3. The molecule has 0 fully saturated rings. The Morgan fingerprint density at radius 3 is 2.74 bits per heavy atom. The van der Waals surface area contributed by atoms with E-state index in [9.17, 15) is 13.2 Å². The van der Waals surface area contributed by atoms with Crippen LogP contribution in [0.1, 0.15) is 11.6 Å². The van der Waals surface area contributed by atoms with Crippen LogP contribution < -0.4 is 14.8 Å². The van der Waals surface area contributed by atoms with Crippen molar-refractivity contribution < 1.29 is 27.4 Å². The average molecular weight is 277 g/mol. The molecule has 106 valence electrons. The van der Waals surface area contributed by atoms with Gasteiger partial charge in [0, 0.05) is 0 Å². The summed E-state index contributed by atoms with van der Waals surface area (Å²) in [7, 11) is 1.66. The van der Waals surface area contributed by atoms with Gasteiger partial charge in [0.2, 0.25) is 6.79 Å². The first kappa shape index (κ1) is 14.0. The molecule has 2 rings (SSSR count). The van der Waals surface area contributed by atoms with Crippen molar-refractivity contribution in [2.75, 3.05) is 27.1 Å². The van der Waals surface area contributed by atoms with E-state index in [4.69, 9.17) is 9.47 Å². The van der Waals surface area contributed by atoms with Gasteiger partial charge in [-0.1, -0.05) is 6.07 Å². The van der Waals surface area contributed by atoms with Crippen molar-refractivity contribution in [2.24, 2.45) is 0 Å². The second kappa shape index (κ2) is 5.66. The second-order valence-electron chi connectivity index (χ2n) is 4.08. The van der Waals surface area contributed by atoms with Gasteiger partial charge in [0.15, 0.2) is 11.5 Å². The highest BCUT2D eigenvalue weighted by atomic mass is 19.4. The van der Waals surface area contributed by atoms with E-state index >= 15 is 0 Å². The molecular weight excluding hydrogens is 263 g/mol. The Bertz CT molecular complexity index is 437. The number of ether oxygens (including phenoxy) is 3. The van der Waals surface area contributed by atoms with Crippen LogP contribution >= 0.6 is 0 Å². The SMILES string of the molecule is CNC(COCC(F)(F)F)c1ccc2c(c1)OCO2. The predicted molar refractivity (Wildman–Crippen MR) is 61.2 cm³/mol. The van der Waals surface area contributed by atoms with Crippen molar-refractivity contribution in [2.45, 2.75) is 12.2 Å². The molecule has 0 aromatic heterocycles. The molecule has 0 radical (unpaired) electrons. The van der Waals surface area contributed by atoms with Crippen molar-refractivity contribution >= 4 is 0 Å². The minimum absolute atomic E-state index is 0.0738. The van der Waals surface area contributed by atoms with Crippen LogP contribution in [0.4, 0.5) is 13.2 Å². The summed E-state index contributed by atoms with van der Waals surface area (Å²) < 4.78 is 51.1. The van der Waals surface area contributed by atoms with Gasteiger partial charge in [0.25, 0.3) is 0 Å². The Morgan fingerprint density at radius 2 is 2.05 bits per heavy atom. The number of nitrogens with one attached hydrogen (secondary N) is 1. The van der Waals surface area contributed by atoms with Crippen LogP contribution in [0.3, 0.4) is 0 Å². The standard InChI is InChI=1S/C12H14F3NO3/c1-16-9(5-17-6-12(13,14)15)8-2-3-10-11(4-8)19-7-18-10/h2-4,9,16H,5-7H2,1H3. The average Bonchev–Trinajstić information content (AvgIpc) is 2.80. The number of fused-ring (bicyclic) bond motifs is 1. The molecule has 1 heterocycles. The Kier molecular flexibility index (Phi) is 4.16. The summed E-state index contributed by atoms with van der Waals surface area (Å²) in [6.45, 7) is -1.17. The van der Waals surface area contributed by atoms with E-state index in [1.807, 2.05) is 0 Å². The maximum atomic E-state index is 12.0. The van der Waals surface area contributed by atoms with E-state index in [-0.39, 0.29) is 19.4 Å². The lowest BCUT2D eigenvalue weighted by Gasteiger charge is -2.17. The third-order valence-electron chi connectivity index (χ3n) is 2.70. The van der Waals surface area contributed by atoms with E-state index in [2.05, 4.69) is 10.1 Å². The van der Waals surface area contributed by atoms with Gasteiger partial charge in [0.05, 0.1) is 12.6 Å². The first-order valence-electron chi connectivity index (χ1n) is 5.71. The third-order valence-corrected chi connectivity index (χ3v) is 2.70. The van der Waals surface area contributed by atoms with E-state index in [1.54, 1.807) is 25.2 Å². The van der Waals surface area contributed by atoms with Crippen LogP contribution in [0, 0.1) is 0 Å². The Morgan fingerprint density at radius 1 is 1.32 bits per heavy atom. The molecule has 0 amide bonds. The number of likely N-dealkylation sites (N-methyl/N-ethyl adjacent to an activating group) is 1. The topological polar surface area (TPSA) is 39.7 Å². The number of hydrogen-bond acceptors (Lipinski definition) is 4. The smallest absolute Gasteiger partial charge is 0.411 e. The fourth-order valence-corrected chi connectivity index (χ4v) is 1.77. The summed E-state index contributed by atoms with van der Waals surface area (Å²) in [5.74, 6) is 1.23. The van der Waals surface area contributed by atoms with Crippen LogP contribution in [0.15, 0.2) is 18.2 Å². The zero-order chi connectivity index (χ0) is 13.9. The molecule has 0 bridgehead atoms. The minimum atomic E-state index is -4.31. The van der Waals surface area contributed by atoms with Crippen molar-refractivity contribution in [1.82, 2.24) is 5.32 Å². The van der Waals surface area contributed by atoms with E-state index in [0.29, 0.717) is 11.5 Å². The molecule has 1 atom stereocenters. The van der Waals surface area contributed by atoms with Gasteiger partial charge in [-0.3, -0.25) is 0 Å². The molecule has 0 saturated carbocycles. The molecule has 1 unspecified atom stereocenters. The summed E-state index contributed by atoms with van der Waals surface area (Å²) >= 11 is 0. The lowest BCUT2D eigenvalue weighted by molar-refractivity contribution is -0.175. The summed E-state index contributed by atoms with van der Waals surface area (Å²) in [4.78, 5) is 0. The number of benzene rings is 1. The normalized spacial score (nSPS) is 15.6. The Balaban J connectivity index is 1.97. The van der Waals surface area contributed by atoms with E-state index < -0.39 is 12.8 Å². The zero-order valence-electron chi connectivity index (χ0n) is 10.3. The van der Waals surface area contributed by atoms with Gasteiger partial charge in [-0.15, -0.1) is 0 Å². The van der Waals surface area contributed by atoms with E-state index in [1.165, 1.54) is 0 Å². The van der Waals surface area contributed by atoms with Crippen molar-refractivity contribution in [1.29, 1.82) is 0 Å².